The van der Waals surface area contributed by atoms with E-state index < -0.39 is 10.0 Å². The standard InChI is InChI=1S/C19H29N3O3S/c1-20-13-18-10-6-12-22(18)19(23)17-9-5-11-21(14-17)26(24,25)15-16-7-3-2-4-8-16/h2-4,7-8,17-18,20H,5-6,9-15H2,1H3. The van der Waals surface area contributed by atoms with Gasteiger partial charge in [-0.15, -0.1) is 0 Å². The van der Waals surface area contributed by atoms with E-state index in [2.05, 4.69) is 5.32 Å². The van der Waals surface area contributed by atoms with Crippen LogP contribution in [0.3, 0.4) is 0 Å². The minimum absolute atomic E-state index is 0.000838. The average molecular weight is 380 g/mol. The molecule has 2 heterocycles. The van der Waals surface area contributed by atoms with Crippen LogP contribution in [0, 0.1) is 5.92 Å². The first-order chi connectivity index (χ1) is 12.5. The van der Waals surface area contributed by atoms with Gasteiger partial charge in [-0.1, -0.05) is 30.3 Å². The van der Waals surface area contributed by atoms with E-state index in [0.29, 0.717) is 13.1 Å². The molecule has 2 unspecified atom stereocenters. The third-order valence-corrected chi connectivity index (χ3v) is 7.24. The lowest BCUT2D eigenvalue weighted by Crippen LogP contribution is -2.49. The zero-order chi connectivity index (χ0) is 18.6. The molecule has 0 aliphatic carbocycles. The second kappa shape index (κ2) is 8.50. The Labute approximate surface area is 156 Å². The summed E-state index contributed by atoms with van der Waals surface area (Å²) in [6.45, 7) is 2.42. The van der Waals surface area contributed by atoms with Gasteiger partial charge in [0.1, 0.15) is 0 Å². The van der Waals surface area contributed by atoms with Crippen molar-refractivity contribution in [1.82, 2.24) is 14.5 Å². The van der Waals surface area contributed by atoms with Gasteiger partial charge < -0.3 is 10.2 Å². The lowest BCUT2D eigenvalue weighted by molar-refractivity contribution is -0.137. The molecule has 0 spiro atoms. The summed E-state index contributed by atoms with van der Waals surface area (Å²) in [5, 5.41) is 3.16. The third kappa shape index (κ3) is 4.45. The summed E-state index contributed by atoms with van der Waals surface area (Å²) >= 11 is 0. The van der Waals surface area contributed by atoms with E-state index in [1.54, 1.807) is 0 Å². The van der Waals surface area contributed by atoms with Crippen molar-refractivity contribution in [2.24, 2.45) is 5.92 Å². The van der Waals surface area contributed by atoms with E-state index in [4.69, 9.17) is 0 Å². The summed E-state index contributed by atoms with van der Waals surface area (Å²) in [6.07, 6.45) is 3.57. The smallest absolute Gasteiger partial charge is 0.227 e. The first kappa shape index (κ1) is 19.3. The molecule has 1 aromatic rings. The summed E-state index contributed by atoms with van der Waals surface area (Å²) < 4.78 is 27.1. The minimum atomic E-state index is -3.40. The molecule has 26 heavy (non-hydrogen) atoms. The first-order valence-electron chi connectivity index (χ1n) is 9.48. The number of hydrogen-bond donors (Lipinski definition) is 1. The number of carbonyl (C=O) groups is 1. The first-order valence-corrected chi connectivity index (χ1v) is 11.1. The monoisotopic (exact) mass is 379 g/mol. The molecule has 7 heteroatoms. The highest BCUT2D eigenvalue weighted by atomic mass is 32.2. The zero-order valence-corrected chi connectivity index (χ0v) is 16.2. The van der Waals surface area contributed by atoms with Crippen LogP contribution in [0.2, 0.25) is 0 Å². The Morgan fingerprint density at radius 3 is 2.62 bits per heavy atom. The van der Waals surface area contributed by atoms with Crippen molar-refractivity contribution >= 4 is 15.9 Å². The number of sulfonamides is 1. The molecule has 6 nitrogen and oxygen atoms in total. The van der Waals surface area contributed by atoms with Gasteiger partial charge in [-0.3, -0.25) is 4.79 Å². The lowest BCUT2D eigenvalue weighted by atomic mass is 9.97. The number of benzene rings is 1. The van der Waals surface area contributed by atoms with Crippen molar-refractivity contribution in [3.05, 3.63) is 35.9 Å². The van der Waals surface area contributed by atoms with Gasteiger partial charge in [-0.05, 0) is 38.3 Å². The fraction of sp³-hybridized carbons (Fsp3) is 0.632. The number of likely N-dealkylation sites (tertiary alicyclic amines) is 1. The number of amides is 1. The molecule has 0 bridgehead atoms. The molecule has 2 fully saturated rings. The van der Waals surface area contributed by atoms with Gasteiger partial charge in [0.15, 0.2) is 0 Å². The van der Waals surface area contributed by atoms with Crippen LogP contribution in [-0.4, -0.2) is 62.8 Å². The maximum Gasteiger partial charge on any atom is 0.227 e. The van der Waals surface area contributed by atoms with Crippen LogP contribution in [-0.2, 0) is 20.6 Å². The van der Waals surface area contributed by atoms with Gasteiger partial charge in [0, 0.05) is 32.2 Å². The summed E-state index contributed by atoms with van der Waals surface area (Å²) in [4.78, 5) is 15.0. The van der Waals surface area contributed by atoms with Crippen LogP contribution in [0.1, 0.15) is 31.2 Å². The maximum absolute atomic E-state index is 13.0. The molecule has 2 aliphatic heterocycles. The summed E-state index contributed by atoms with van der Waals surface area (Å²) in [7, 11) is -1.50. The van der Waals surface area contributed by atoms with Crippen molar-refractivity contribution in [3.63, 3.8) is 0 Å². The normalized spacial score (nSPS) is 24.7. The molecule has 1 amide bonds. The number of nitrogens with zero attached hydrogens (tertiary/aromatic N) is 2. The number of rotatable bonds is 6. The molecular weight excluding hydrogens is 350 g/mol. The molecule has 2 saturated heterocycles. The van der Waals surface area contributed by atoms with Crippen LogP contribution in [0.5, 0.6) is 0 Å². The molecule has 144 valence electrons. The lowest BCUT2D eigenvalue weighted by Gasteiger charge is -2.35. The SMILES string of the molecule is CNCC1CCCN1C(=O)C1CCCN(S(=O)(=O)Cc2ccccc2)C1. The van der Waals surface area contributed by atoms with Crippen molar-refractivity contribution in [2.45, 2.75) is 37.5 Å². The van der Waals surface area contributed by atoms with Crippen molar-refractivity contribution in [3.8, 4) is 0 Å². The summed E-state index contributed by atoms with van der Waals surface area (Å²) in [6, 6.07) is 9.48. The van der Waals surface area contributed by atoms with Gasteiger partial charge in [0.25, 0.3) is 0 Å². The van der Waals surface area contributed by atoms with E-state index >= 15 is 0 Å². The predicted octanol–water partition coefficient (Wildman–Crippen LogP) is 1.44. The highest BCUT2D eigenvalue weighted by molar-refractivity contribution is 7.88. The molecule has 1 aromatic carbocycles. The van der Waals surface area contributed by atoms with Crippen LogP contribution >= 0.6 is 0 Å². The molecular formula is C19H29N3O3S. The summed E-state index contributed by atoms with van der Waals surface area (Å²) in [5.41, 5.74) is 0.787. The Balaban J connectivity index is 1.66. The second-order valence-electron chi connectivity index (χ2n) is 7.32. The molecule has 2 aliphatic rings. The van der Waals surface area contributed by atoms with Gasteiger partial charge in [-0.25, -0.2) is 12.7 Å². The Hall–Kier alpha value is -1.44. The summed E-state index contributed by atoms with van der Waals surface area (Å²) in [5.74, 6) is -0.0879. The number of carbonyl (C=O) groups excluding carboxylic acids is 1. The van der Waals surface area contributed by atoms with Crippen molar-refractivity contribution in [2.75, 3.05) is 33.2 Å². The van der Waals surface area contributed by atoms with Crippen LogP contribution in [0.25, 0.3) is 0 Å². The number of hydrogen-bond acceptors (Lipinski definition) is 4. The Morgan fingerprint density at radius 1 is 1.15 bits per heavy atom. The third-order valence-electron chi connectivity index (χ3n) is 5.42. The highest BCUT2D eigenvalue weighted by Gasteiger charge is 2.37. The van der Waals surface area contributed by atoms with E-state index in [9.17, 15) is 13.2 Å². The van der Waals surface area contributed by atoms with Crippen LogP contribution in [0.15, 0.2) is 30.3 Å². The topological polar surface area (TPSA) is 69.7 Å². The second-order valence-corrected chi connectivity index (χ2v) is 9.29. The van der Waals surface area contributed by atoms with Crippen LogP contribution < -0.4 is 5.32 Å². The fourth-order valence-electron chi connectivity index (χ4n) is 4.08. The molecule has 2 atom stereocenters. The predicted molar refractivity (Wildman–Crippen MR) is 102 cm³/mol. The Kier molecular flexibility index (Phi) is 6.32. The molecule has 3 rings (SSSR count). The quantitative estimate of drug-likeness (QED) is 0.812. The number of nitrogens with one attached hydrogen (secondary N) is 1. The fourth-order valence-corrected chi connectivity index (χ4v) is 5.69. The average Bonchev–Trinajstić information content (AvgIpc) is 3.10. The van der Waals surface area contributed by atoms with Gasteiger partial charge in [0.05, 0.1) is 11.7 Å². The number of likely N-dealkylation sites (N-methyl/N-ethyl adjacent to an activating group) is 1. The van der Waals surface area contributed by atoms with Crippen LogP contribution in [0.4, 0.5) is 0 Å². The van der Waals surface area contributed by atoms with Gasteiger partial charge in [0.2, 0.25) is 15.9 Å². The molecule has 0 saturated carbocycles. The molecule has 0 radical (unpaired) electrons. The van der Waals surface area contributed by atoms with E-state index in [0.717, 1.165) is 44.3 Å². The molecule has 0 aromatic heterocycles. The molecule has 1 N–H and O–H groups in total. The van der Waals surface area contributed by atoms with Gasteiger partial charge >= 0.3 is 0 Å². The maximum atomic E-state index is 13.0. The largest absolute Gasteiger partial charge is 0.338 e. The van der Waals surface area contributed by atoms with Gasteiger partial charge in [-0.2, -0.15) is 0 Å². The van der Waals surface area contributed by atoms with E-state index in [1.807, 2.05) is 42.3 Å². The number of piperidine rings is 1. The Morgan fingerprint density at radius 2 is 1.88 bits per heavy atom. The highest BCUT2D eigenvalue weighted by Crippen LogP contribution is 2.26. The Bertz CT molecular complexity index is 708. The minimum Gasteiger partial charge on any atom is -0.338 e. The van der Waals surface area contributed by atoms with Crippen molar-refractivity contribution in [1.29, 1.82) is 0 Å². The van der Waals surface area contributed by atoms with Crippen molar-refractivity contribution < 1.29 is 13.2 Å². The zero-order valence-electron chi connectivity index (χ0n) is 15.4. The van der Waals surface area contributed by atoms with E-state index in [1.165, 1.54) is 4.31 Å². The van der Waals surface area contributed by atoms with E-state index in [-0.39, 0.29) is 23.6 Å².